The lowest BCUT2D eigenvalue weighted by Gasteiger charge is -2.22. The number of aromatic nitrogens is 3. The molecule has 0 spiro atoms. The quantitative estimate of drug-likeness (QED) is 0.820. The number of hydrogen-bond donors (Lipinski definition) is 0. The van der Waals surface area contributed by atoms with Crippen LogP contribution in [0, 0.1) is 5.92 Å². The van der Waals surface area contributed by atoms with Gasteiger partial charge in [0, 0.05) is 31.9 Å². The number of nitrogens with zero attached hydrogens (tertiary/aromatic N) is 5. The molecule has 0 N–H and O–H groups in total. The number of aryl methyl sites for hydroxylation is 1. The van der Waals surface area contributed by atoms with Crippen LogP contribution in [0.2, 0.25) is 0 Å². The molecular weight excluding hydrogens is 274 g/mol. The van der Waals surface area contributed by atoms with Gasteiger partial charge in [0.15, 0.2) is 0 Å². The molecule has 0 amide bonds. The summed E-state index contributed by atoms with van der Waals surface area (Å²) in [7, 11) is 2.18. The van der Waals surface area contributed by atoms with Crippen LogP contribution in [0.4, 0.5) is 5.69 Å². The van der Waals surface area contributed by atoms with Crippen molar-refractivity contribution >= 4 is 5.69 Å². The third-order valence-electron chi connectivity index (χ3n) is 4.38. The minimum Gasteiger partial charge on any atom is -0.371 e. The molecule has 22 heavy (non-hydrogen) atoms. The van der Waals surface area contributed by atoms with E-state index in [0.29, 0.717) is 0 Å². The molecule has 1 aromatic heterocycles. The topological polar surface area (TPSA) is 37.2 Å². The Hall–Kier alpha value is -1.88. The highest BCUT2D eigenvalue weighted by Crippen LogP contribution is 2.24. The largest absolute Gasteiger partial charge is 0.371 e. The average molecular weight is 299 g/mol. The third kappa shape index (κ3) is 3.47. The first-order chi connectivity index (χ1) is 10.8. The lowest BCUT2D eigenvalue weighted by atomic mass is 10.1. The zero-order valence-corrected chi connectivity index (χ0v) is 13.5. The molecule has 5 heteroatoms. The highest BCUT2D eigenvalue weighted by molar-refractivity contribution is 5.46. The summed E-state index contributed by atoms with van der Waals surface area (Å²) >= 11 is 0. The Morgan fingerprint density at radius 1 is 1.27 bits per heavy atom. The molecule has 5 nitrogen and oxygen atoms in total. The van der Waals surface area contributed by atoms with Crippen LogP contribution in [-0.2, 0) is 13.1 Å². The van der Waals surface area contributed by atoms with Crippen molar-refractivity contribution in [3.8, 4) is 0 Å². The van der Waals surface area contributed by atoms with E-state index in [1.54, 1.807) is 6.33 Å². The SMILES string of the molecule is CCn1ncnc1CN(C)C[C@H]1CCN(c2ccccc2)C1. The number of anilines is 1. The van der Waals surface area contributed by atoms with Crippen molar-refractivity contribution in [1.82, 2.24) is 19.7 Å². The normalized spacial score (nSPS) is 18.3. The molecule has 1 aromatic carbocycles. The number of rotatable bonds is 6. The van der Waals surface area contributed by atoms with Crippen LogP contribution in [0.5, 0.6) is 0 Å². The predicted octanol–water partition coefficient (Wildman–Crippen LogP) is 2.26. The van der Waals surface area contributed by atoms with Crippen molar-refractivity contribution in [2.45, 2.75) is 26.4 Å². The fraction of sp³-hybridized carbons (Fsp3) is 0.529. The Morgan fingerprint density at radius 3 is 2.86 bits per heavy atom. The van der Waals surface area contributed by atoms with E-state index in [1.807, 2.05) is 4.68 Å². The van der Waals surface area contributed by atoms with Crippen molar-refractivity contribution in [3.63, 3.8) is 0 Å². The molecule has 0 radical (unpaired) electrons. The summed E-state index contributed by atoms with van der Waals surface area (Å²) < 4.78 is 1.97. The fourth-order valence-corrected chi connectivity index (χ4v) is 3.28. The second-order valence-corrected chi connectivity index (χ2v) is 6.13. The van der Waals surface area contributed by atoms with Crippen molar-refractivity contribution < 1.29 is 0 Å². The minimum absolute atomic E-state index is 0.725. The molecule has 118 valence electrons. The van der Waals surface area contributed by atoms with E-state index in [2.05, 4.69) is 64.2 Å². The van der Waals surface area contributed by atoms with Gasteiger partial charge in [-0.25, -0.2) is 9.67 Å². The van der Waals surface area contributed by atoms with E-state index in [-0.39, 0.29) is 0 Å². The minimum atomic E-state index is 0.725. The molecule has 3 rings (SSSR count). The van der Waals surface area contributed by atoms with E-state index in [4.69, 9.17) is 0 Å². The first-order valence-corrected chi connectivity index (χ1v) is 8.11. The average Bonchev–Trinajstić information content (AvgIpc) is 3.17. The van der Waals surface area contributed by atoms with Crippen LogP contribution in [0.3, 0.4) is 0 Å². The molecule has 0 bridgehead atoms. The first kappa shape index (κ1) is 15.0. The number of benzene rings is 1. The van der Waals surface area contributed by atoms with Gasteiger partial charge in [0.1, 0.15) is 12.2 Å². The van der Waals surface area contributed by atoms with Crippen LogP contribution < -0.4 is 4.90 Å². The molecule has 0 saturated carbocycles. The zero-order valence-electron chi connectivity index (χ0n) is 13.5. The second kappa shape index (κ2) is 6.92. The maximum atomic E-state index is 4.36. The zero-order chi connectivity index (χ0) is 15.4. The van der Waals surface area contributed by atoms with Gasteiger partial charge in [-0.2, -0.15) is 5.10 Å². The van der Waals surface area contributed by atoms with Crippen LogP contribution in [0.1, 0.15) is 19.2 Å². The summed E-state index contributed by atoms with van der Waals surface area (Å²) in [5, 5.41) is 4.24. The highest BCUT2D eigenvalue weighted by atomic mass is 15.3. The van der Waals surface area contributed by atoms with Gasteiger partial charge in [-0.15, -0.1) is 0 Å². The number of para-hydroxylation sites is 1. The van der Waals surface area contributed by atoms with Gasteiger partial charge in [-0.05, 0) is 38.4 Å². The van der Waals surface area contributed by atoms with Crippen molar-refractivity contribution in [3.05, 3.63) is 42.5 Å². The standard InChI is InChI=1S/C17H25N5/c1-3-22-17(18-14-19-22)13-20(2)11-15-9-10-21(12-15)16-7-5-4-6-8-16/h4-8,14-15H,3,9-13H2,1-2H3/t15-/m1/s1. The van der Waals surface area contributed by atoms with Crippen molar-refractivity contribution in [1.29, 1.82) is 0 Å². The third-order valence-corrected chi connectivity index (χ3v) is 4.38. The molecular formula is C17H25N5. The van der Waals surface area contributed by atoms with E-state index in [9.17, 15) is 0 Å². The summed E-state index contributed by atoms with van der Waals surface area (Å²) in [4.78, 5) is 9.23. The lowest BCUT2D eigenvalue weighted by molar-refractivity contribution is 0.268. The van der Waals surface area contributed by atoms with Gasteiger partial charge < -0.3 is 4.90 Å². The molecule has 0 unspecified atom stereocenters. The van der Waals surface area contributed by atoms with E-state index < -0.39 is 0 Å². The Balaban J connectivity index is 1.52. The molecule has 1 saturated heterocycles. The molecule has 1 fully saturated rings. The van der Waals surface area contributed by atoms with Gasteiger partial charge in [0.2, 0.25) is 0 Å². The Kier molecular flexibility index (Phi) is 4.73. The summed E-state index contributed by atoms with van der Waals surface area (Å²) in [6, 6.07) is 10.7. The number of hydrogen-bond acceptors (Lipinski definition) is 4. The highest BCUT2D eigenvalue weighted by Gasteiger charge is 2.24. The molecule has 1 atom stereocenters. The summed E-state index contributed by atoms with van der Waals surface area (Å²) in [5.41, 5.74) is 1.35. The Morgan fingerprint density at radius 2 is 2.09 bits per heavy atom. The van der Waals surface area contributed by atoms with Gasteiger partial charge in [-0.1, -0.05) is 18.2 Å². The van der Waals surface area contributed by atoms with E-state index in [0.717, 1.165) is 44.5 Å². The van der Waals surface area contributed by atoms with Crippen molar-refractivity contribution in [2.75, 3.05) is 31.6 Å². The monoisotopic (exact) mass is 299 g/mol. The predicted molar refractivity (Wildman–Crippen MR) is 88.8 cm³/mol. The summed E-state index contributed by atoms with van der Waals surface area (Å²) in [6.45, 7) is 7.28. The molecule has 1 aliphatic rings. The van der Waals surface area contributed by atoms with E-state index in [1.165, 1.54) is 12.1 Å². The fourth-order valence-electron chi connectivity index (χ4n) is 3.28. The van der Waals surface area contributed by atoms with Crippen LogP contribution >= 0.6 is 0 Å². The lowest BCUT2D eigenvalue weighted by Crippen LogP contribution is -2.29. The van der Waals surface area contributed by atoms with Gasteiger partial charge >= 0.3 is 0 Å². The maximum Gasteiger partial charge on any atom is 0.140 e. The van der Waals surface area contributed by atoms with E-state index >= 15 is 0 Å². The smallest absolute Gasteiger partial charge is 0.140 e. The Bertz CT molecular complexity index is 580. The molecule has 0 aliphatic carbocycles. The van der Waals surface area contributed by atoms with Gasteiger partial charge in [0.25, 0.3) is 0 Å². The summed E-state index contributed by atoms with van der Waals surface area (Å²) in [6.07, 6.45) is 2.92. The van der Waals surface area contributed by atoms with Gasteiger partial charge in [0.05, 0.1) is 6.54 Å². The molecule has 1 aliphatic heterocycles. The van der Waals surface area contributed by atoms with Crippen LogP contribution in [-0.4, -0.2) is 46.3 Å². The Labute approximate surface area is 132 Å². The van der Waals surface area contributed by atoms with Crippen molar-refractivity contribution in [2.24, 2.45) is 5.92 Å². The summed E-state index contributed by atoms with van der Waals surface area (Å²) in [5.74, 6) is 1.78. The van der Waals surface area contributed by atoms with Gasteiger partial charge in [-0.3, -0.25) is 4.90 Å². The van der Waals surface area contributed by atoms with Crippen LogP contribution in [0.25, 0.3) is 0 Å². The second-order valence-electron chi connectivity index (χ2n) is 6.13. The molecule has 2 heterocycles. The first-order valence-electron chi connectivity index (χ1n) is 8.11. The molecule has 2 aromatic rings. The maximum absolute atomic E-state index is 4.36. The van der Waals surface area contributed by atoms with Crippen LogP contribution in [0.15, 0.2) is 36.7 Å².